The molecular weight excluding hydrogens is 564 g/mol. The van der Waals surface area contributed by atoms with Crippen molar-refractivity contribution < 1.29 is 13.2 Å². The van der Waals surface area contributed by atoms with Crippen molar-refractivity contribution in [1.29, 1.82) is 0 Å². The molecule has 5 nitrogen and oxygen atoms in total. The van der Waals surface area contributed by atoms with Crippen LogP contribution in [0.5, 0.6) is 0 Å². The van der Waals surface area contributed by atoms with Gasteiger partial charge in [-0.1, -0.05) is 114 Å². The van der Waals surface area contributed by atoms with E-state index in [2.05, 4.69) is 5.32 Å². The molecule has 0 spiro atoms. The molecule has 1 amide bonds. The zero-order valence-electron chi connectivity index (χ0n) is 23.4. The maximum absolute atomic E-state index is 14.2. The first-order chi connectivity index (χ1) is 20.2. The van der Waals surface area contributed by atoms with Gasteiger partial charge in [0.05, 0.1) is 28.7 Å². The van der Waals surface area contributed by atoms with Crippen LogP contribution in [-0.2, 0) is 16.6 Å². The minimum Gasteiger partial charge on any atom is -0.341 e. The zero-order valence-corrected chi connectivity index (χ0v) is 24.9. The summed E-state index contributed by atoms with van der Waals surface area (Å²) in [4.78, 5) is 14.2. The van der Waals surface area contributed by atoms with Gasteiger partial charge in [0.1, 0.15) is 0 Å². The Balaban J connectivity index is 1.58. The number of nitrogens with zero attached hydrogens (tertiary/aromatic N) is 1. The van der Waals surface area contributed by atoms with Crippen molar-refractivity contribution in [3.05, 3.63) is 166 Å². The van der Waals surface area contributed by atoms with E-state index >= 15 is 0 Å². The van der Waals surface area contributed by atoms with E-state index in [9.17, 15) is 13.2 Å². The van der Waals surface area contributed by atoms with Crippen molar-refractivity contribution in [2.24, 2.45) is 0 Å². The van der Waals surface area contributed by atoms with Gasteiger partial charge in [0.15, 0.2) is 0 Å². The Morgan fingerprint density at radius 3 is 1.90 bits per heavy atom. The number of halogens is 1. The second-order valence-corrected chi connectivity index (χ2v) is 12.5. The molecule has 0 aliphatic carbocycles. The van der Waals surface area contributed by atoms with Gasteiger partial charge >= 0.3 is 0 Å². The molecule has 0 aliphatic heterocycles. The number of hydrogen-bond acceptors (Lipinski definition) is 3. The first-order valence-electron chi connectivity index (χ1n) is 13.6. The number of nitrogens with one attached hydrogen (secondary N) is 1. The summed E-state index contributed by atoms with van der Waals surface area (Å²) >= 11 is 6.11. The van der Waals surface area contributed by atoms with Crippen LogP contribution in [0.25, 0.3) is 0 Å². The van der Waals surface area contributed by atoms with Gasteiger partial charge in [-0.2, -0.15) is 0 Å². The van der Waals surface area contributed by atoms with Crippen LogP contribution in [0, 0.1) is 13.8 Å². The van der Waals surface area contributed by atoms with E-state index in [0.717, 1.165) is 27.8 Å². The van der Waals surface area contributed by atoms with E-state index in [1.165, 1.54) is 4.31 Å². The van der Waals surface area contributed by atoms with Crippen LogP contribution in [0.3, 0.4) is 0 Å². The van der Waals surface area contributed by atoms with Gasteiger partial charge in [0.25, 0.3) is 15.9 Å². The first kappa shape index (κ1) is 29.1. The van der Waals surface area contributed by atoms with Crippen molar-refractivity contribution in [2.75, 3.05) is 4.31 Å². The van der Waals surface area contributed by atoms with E-state index in [4.69, 9.17) is 11.6 Å². The molecule has 5 aromatic carbocycles. The van der Waals surface area contributed by atoms with Crippen LogP contribution in [0.4, 0.5) is 5.69 Å². The smallest absolute Gasteiger partial charge is 0.264 e. The highest BCUT2D eigenvalue weighted by molar-refractivity contribution is 7.92. The summed E-state index contributed by atoms with van der Waals surface area (Å²) < 4.78 is 29.6. The van der Waals surface area contributed by atoms with Crippen LogP contribution in [0.15, 0.2) is 132 Å². The topological polar surface area (TPSA) is 66.5 Å². The Bertz CT molecular complexity index is 1770. The standard InChI is InChI=1S/C35H31ClN2O3S/c1-25-12-18-29(19-13-25)34(28-8-4-3-5-9-28)37-35(39)32-10-6-7-11-33(32)38(24-27-16-20-30(36)21-17-27)42(40,41)31-22-14-26(2)15-23-31/h3-23,34H,24H2,1-2H3,(H,37,39)/t34-/m1/s1. The molecule has 7 heteroatoms. The fourth-order valence-electron chi connectivity index (χ4n) is 4.75. The summed E-state index contributed by atoms with van der Waals surface area (Å²) in [5.41, 5.74) is 5.14. The minimum atomic E-state index is -4.05. The number of hydrogen-bond donors (Lipinski definition) is 1. The lowest BCUT2D eigenvalue weighted by Gasteiger charge is -2.27. The summed E-state index contributed by atoms with van der Waals surface area (Å²) in [6, 6.07) is 37.8. The van der Waals surface area contributed by atoms with Gasteiger partial charge in [-0.25, -0.2) is 8.42 Å². The van der Waals surface area contributed by atoms with E-state index in [-0.39, 0.29) is 28.6 Å². The monoisotopic (exact) mass is 594 g/mol. The molecule has 0 heterocycles. The van der Waals surface area contributed by atoms with Crippen molar-refractivity contribution >= 4 is 33.2 Å². The summed E-state index contributed by atoms with van der Waals surface area (Å²) in [6.45, 7) is 3.93. The molecule has 0 bridgehead atoms. The van der Waals surface area contributed by atoms with Crippen LogP contribution >= 0.6 is 11.6 Å². The average molecular weight is 595 g/mol. The molecular formula is C35H31ClN2O3S. The van der Waals surface area contributed by atoms with Gasteiger partial charge in [-0.15, -0.1) is 0 Å². The molecule has 5 rings (SSSR count). The normalized spacial score (nSPS) is 12.0. The molecule has 42 heavy (non-hydrogen) atoms. The van der Waals surface area contributed by atoms with Crippen molar-refractivity contribution in [3.8, 4) is 0 Å². The van der Waals surface area contributed by atoms with Gasteiger partial charge in [0.2, 0.25) is 0 Å². The van der Waals surface area contributed by atoms with Crippen molar-refractivity contribution in [2.45, 2.75) is 31.3 Å². The summed E-state index contributed by atoms with van der Waals surface area (Å²) in [7, 11) is -4.05. The molecule has 5 aromatic rings. The lowest BCUT2D eigenvalue weighted by Crippen LogP contribution is -2.34. The SMILES string of the molecule is Cc1ccc([C@H](NC(=O)c2ccccc2N(Cc2ccc(Cl)cc2)S(=O)(=O)c2ccc(C)cc2)c2ccccc2)cc1. The Kier molecular flexibility index (Phi) is 8.76. The van der Waals surface area contributed by atoms with E-state index in [1.807, 2.05) is 68.4 Å². The number of amides is 1. The highest BCUT2D eigenvalue weighted by Gasteiger charge is 2.29. The van der Waals surface area contributed by atoms with Gasteiger partial charge in [0, 0.05) is 5.02 Å². The zero-order chi connectivity index (χ0) is 29.7. The molecule has 0 fully saturated rings. The van der Waals surface area contributed by atoms with Crippen LogP contribution in [0.2, 0.25) is 5.02 Å². The molecule has 0 unspecified atom stereocenters. The Morgan fingerprint density at radius 1 is 0.714 bits per heavy atom. The molecule has 0 saturated heterocycles. The van der Waals surface area contributed by atoms with Gasteiger partial charge in [-0.3, -0.25) is 9.10 Å². The fraction of sp³-hybridized carbons (Fsp3) is 0.114. The predicted octanol–water partition coefficient (Wildman–Crippen LogP) is 7.87. The number of para-hydroxylation sites is 1. The average Bonchev–Trinajstić information content (AvgIpc) is 3.00. The van der Waals surface area contributed by atoms with Gasteiger partial charge in [-0.05, 0) is 66.9 Å². The maximum Gasteiger partial charge on any atom is 0.264 e. The number of carbonyl (C=O) groups is 1. The summed E-state index contributed by atoms with van der Waals surface area (Å²) in [6.07, 6.45) is 0. The summed E-state index contributed by atoms with van der Waals surface area (Å²) in [5.74, 6) is -0.389. The lowest BCUT2D eigenvalue weighted by atomic mass is 9.97. The Labute approximate surface area is 252 Å². The number of sulfonamides is 1. The quantitative estimate of drug-likeness (QED) is 0.189. The highest BCUT2D eigenvalue weighted by Crippen LogP contribution is 2.31. The van der Waals surface area contributed by atoms with E-state index < -0.39 is 16.1 Å². The van der Waals surface area contributed by atoms with Crippen molar-refractivity contribution in [3.63, 3.8) is 0 Å². The third kappa shape index (κ3) is 6.56. The van der Waals surface area contributed by atoms with Crippen LogP contribution in [-0.4, -0.2) is 14.3 Å². The second kappa shape index (κ2) is 12.6. The third-order valence-corrected chi connectivity index (χ3v) is 9.11. The fourth-order valence-corrected chi connectivity index (χ4v) is 6.35. The number of anilines is 1. The first-order valence-corrected chi connectivity index (χ1v) is 15.4. The van der Waals surface area contributed by atoms with E-state index in [1.54, 1.807) is 72.8 Å². The number of rotatable bonds is 9. The minimum absolute atomic E-state index is 0.0117. The van der Waals surface area contributed by atoms with E-state index in [0.29, 0.717) is 5.02 Å². The molecule has 0 aromatic heterocycles. The number of benzene rings is 5. The molecule has 1 N–H and O–H groups in total. The molecule has 212 valence electrons. The largest absolute Gasteiger partial charge is 0.341 e. The lowest BCUT2D eigenvalue weighted by molar-refractivity contribution is 0.0943. The number of aryl methyl sites for hydroxylation is 2. The maximum atomic E-state index is 14.2. The molecule has 0 saturated carbocycles. The predicted molar refractivity (Wildman–Crippen MR) is 169 cm³/mol. The van der Waals surface area contributed by atoms with Crippen LogP contribution in [0.1, 0.15) is 44.2 Å². The third-order valence-electron chi connectivity index (χ3n) is 7.08. The van der Waals surface area contributed by atoms with Crippen LogP contribution < -0.4 is 9.62 Å². The molecule has 1 atom stereocenters. The number of carbonyl (C=O) groups excluding carboxylic acids is 1. The Morgan fingerprint density at radius 2 is 1.26 bits per heavy atom. The summed E-state index contributed by atoms with van der Waals surface area (Å²) in [5, 5.41) is 3.72. The second-order valence-electron chi connectivity index (χ2n) is 10.2. The highest BCUT2D eigenvalue weighted by atomic mass is 35.5. The van der Waals surface area contributed by atoms with Crippen molar-refractivity contribution in [1.82, 2.24) is 5.32 Å². The van der Waals surface area contributed by atoms with Gasteiger partial charge < -0.3 is 5.32 Å². The Hall–Kier alpha value is -4.39. The molecule has 0 aliphatic rings. The molecule has 0 radical (unpaired) electrons.